The number of benzene rings is 2. The lowest BCUT2D eigenvalue weighted by Gasteiger charge is -2.15. The Morgan fingerprint density at radius 2 is 1.83 bits per heavy atom. The molecule has 0 saturated carbocycles. The summed E-state index contributed by atoms with van der Waals surface area (Å²) in [6.45, 7) is 1.84. The van der Waals surface area contributed by atoms with E-state index in [-0.39, 0.29) is 11.6 Å². The molecular formula is C21H18F3N3OS. The molecule has 0 aliphatic carbocycles. The highest BCUT2D eigenvalue weighted by Crippen LogP contribution is 2.31. The Balaban J connectivity index is 1.73. The zero-order valence-corrected chi connectivity index (χ0v) is 16.3. The molecule has 1 atom stereocenters. The van der Waals surface area contributed by atoms with Crippen molar-refractivity contribution in [1.29, 1.82) is 0 Å². The Morgan fingerprint density at radius 3 is 2.52 bits per heavy atom. The summed E-state index contributed by atoms with van der Waals surface area (Å²) in [4.78, 5) is 21.1. The quantitative estimate of drug-likeness (QED) is 0.415. The van der Waals surface area contributed by atoms with Gasteiger partial charge in [0.2, 0.25) is 5.91 Å². The van der Waals surface area contributed by atoms with E-state index in [9.17, 15) is 18.0 Å². The van der Waals surface area contributed by atoms with E-state index in [2.05, 4.69) is 15.3 Å². The van der Waals surface area contributed by atoms with Gasteiger partial charge in [-0.05, 0) is 30.7 Å². The highest BCUT2D eigenvalue weighted by Gasteiger charge is 2.30. The maximum absolute atomic E-state index is 12.9. The number of nitrogens with one attached hydrogen (secondary N) is 1. The molecular weight excluding hydrogens is 399 g/mol. The molecule has 0 spiro atoms. The maximum Gasteiger partial charge on any atom is 0.416 e. The zero-order chi connectivity index (χ0) is 20.9. The Morgan fingerprint density at radius 1 is 1.07 bits per heavy atom. The number of anilines is 1. The molecule has 0 aliphatic heterocycles. The van der Waals surface area contributed by atoms with Crippen molar-refractivity contribution in [3.05, 3.63) is 72.6 Å². The SMILES string of the molecule is CCC(Sc1cc(-c2ccccc2)ncn1)C(=O)Nc1cccc(C(F)(F)F)c1. The number of hydrogen-bond donors (Lipinski definition) is 1. The molecule has 1 heterocycles. The van der Waals surface area contributed by atoms with Gasteiger partial charge >= 0.3 is 6.18 Å². The molecule has 1 unspecified atom stereocenters. The van der Waals surface area contributed by atoms with Gasteiger partial charge in [0.05, 0.1) is 16.5 Å². The number of halogens is 3. The summed E-state index contributed by atoms with van der Waals surface area (Å²) in [5, 5.41) is 2.67. The molecule has 3 aromatic rings. The smallest absolute Gasteiger partial charge is 0.325 e. The third-order valence-electron chi connectivity index (χ3n) is 4.10. The fourth-order valence-corrected chi connectivity index (χ4v) is 3.55. The van der Waals surface area contributed by atoms with Gasteiger partial charge in [0.15, 0.2) is 0 Å². The van der Waals surface area contributed by atoms with E-state index < -0.39 is 17.0 Å². The minimum Gasteiger partial charge on any atom is -0.325 e. The summed E-state index contributed by atoms with van der Waals surface area (Å²) >= 11 is 1.25. The van der Waals surface area contributed by atoms with E-state index in [1.54, 1.807) is 6.07 Å². The highest BCUT2D eigenvalue weighted by atomic mass is 32.2. The summed E-state index contributed by atoms with van der Waals surface area (Å²) in [6.07, 6.45) is -2.54. The van der Waals surface area contributed by atoms with Crippen LogP contribution < -0.4 is 5.32 Å². The van der Waals surface area contributed by atoms with Crippen molar-refractivity contribution in [2.75, 3.05) is 5.32 Å². The number of aromatic nitrogens is 2. The van der Waals surface area contributed by atoms with Gasteiger partial charge in [-0.15, -0.1) is 0 Å². The molecule has 1 aromatic heterocycles. The summed E-state index contributed by atoms with van der Waals surface area (Å²) in [6, 6.07) is 15.9. The number of thioether (sulfide) groups is 1. The van der Waals surface area contributed by atoms with E-state index in [4.69, 9.17) is 0 Å². The molecule has 1 N–H and O–H groups in total. The van der Waals surface area contributed by atoms with Crippen molar-refractivity contribution in [2.45, 2.75) is 29.8 Å². The summed E-state index contributed by atoms with van der Waals surface area (Å²) in [5.74, 6) is -0.378. The van der Waals surface area contributed by atoms with Crippen LogP contribution in [-0.4, -0.2) is 21.1 Å². The summed E-state index contributed by atoms with van der Waals surface area (Å²) in [5.41, 5.74) is 0.963. The van der Waals surface area contributed by atoms with Crippen molar-refractivity contribution in [2.24, 2.45) is 0 Å². The predicted octanol–water partition coefficient (Wildman–Crippen LogP) is 5.67. The molecule has 3 rings (SSSR count). The third-order valence-corrected chi connectivity index (χ3v) is 5.39. The van der Waals surface area contributed by atoms with Crippen LogP contribution in [0, 0.1) is 0 Å². The number of alkyl halides is 3. The lowest BCUT2D eigenvalue weighted by Crippen LogP contribution is -2.24. The minimum atomic E-state index is -4.46. The van der Waals surface area contributed by atoms with Crippen LogP contribution in [0.1, 0.15) is 18.9 Å². The molecule has 0 bridgehead atoms. The van der Waals surface area contributed by atoms with E-state index in [1.807, 2.05) is 37.3 Å². The number of rotatable bonds is 6. The van der Waals surface area contributed by atoms with Gasteiger partial charge in [-0.2, -0.15) is 13.2 Å². The van der Waals surface area contributed by atoms with Crippen molar-refractivity contribution < 1.29 is 18.0 Å². The summed E-state index contributed by atoms with van der Waals surface area (Å²) < 4.78 is 38.6. The van der Waals surface area contributed by atoms with Gasteiger partial charge in [-0.1, -0.05) is 55.1 Å². The van der Waals surface area contributed by atoms with Gasteiger partial charge in [-0.25, -0.2) is 9.97 Å². The normalized spacial score (nSPS) is 12.4. The van der Waals surface area contributed by atoms with Crippen LogP contribution in [-0.2, 0) is 11.0 Å². The highest BCUT2D eigenvalue weighted by molar-refractivity contribution is 8.00. The standard InChI is InChI=1S/C21H18F3N3OS/c1-2-18(20(28)27-16-10-6-9-15(11-16)21(22,23)24)29-19-12-17(25-13-26-19)14-7-4-3-5-8-14/h3-13,18H,2H2,1H3,(H,27,28). The Labute approximate surface area is 170 Å². The van der Waals surface area contributed by atoms with Crippen LogP contribution in [0.4, 0.5) is 18.9 Å². The van der Waals surface area contributed by atoms with Crippen molar-refractivity contribution >= 4 is 23.4 Å². The average molecular weight is 417 g/mol. The van der Waals surface area contributed by atoms with Crippen LogP contribution >= 0.6 is 11.8 Å². The van der Waals surface area contributed by atoms with Gasteiger partial charge < -0.3 is 5.32 Å². The number of carbonyl (C=O) groups excluding carboxylic acids is 1. The summed E-state index contributed by atoms with van der Waals surface area (Å²) in [7, 11) is 0. The van der Waals surface area contributed by atoms with E-state index in [0.29, 0.717) is 11.4 Å². The zero-order valence-electron chi connectivity index (χ0n) is 15.5. The molecule has 0 saturated heterocycles. The van der Waals surface area contributed by atoms with Crippen LogP contribution in [0.2, 0.25) is 0 Å². The fraction of sp³-hybridized carbons (Fsp3) is 0.190. The molecule has 8 heteroatoms. The topological polar surface area (TPSA) is 54.9 Å². The number of carbonyl (C=O) groups is 1. The first kappa shape index (κ1) is 20.9. The fourth-order valence-electron chi connectivity index (χ4n) is 2.63. The predicted molar refractivity (Wildman–Crippen MR) is 107 cm³/mol. The second kappa shape index (κ2) is 9.09. The largest absolute Gasteiger partial charge is 0.416 e. The molecule has 0 radical (unpaired) electrons. The number of amides is 1. The van der Waals surface area contributed by atoms with Crippen LogP contribution in [0.5, 0.6) is 0 Å². The van der Waals surface area contributed by atoms with Gasteiger partial charge in [0, 0.05) is 11.3 Å². The molecule has 29 heavy (non-hydrogen) atoms. The maximum atomic E-state index is 12.9. The second-order valence-corrected chi connectivity index (χ2v) is 7.41. The van der Waals surface area contributed by atoms with Gasteiger partial charge in [0.25, 0.3) is 0 Å². The molecule has 2 aromatic carbocycles. The minimum absolute atomic E-state index is 0.108. The van der Waals surface area contributed by atoms with Crippen molar-refractivity contribution in [3.63, 3.8) is 0 Å². The van der Waals surface area contributed by atoms with Crippen molar-refractivity contribution in [3.8, 4) is 11.3 Å². The van der Waals surface area contributed by atoms with E-state index in [1.165, 1.54) is 30.2 Å². The third kappa shape index (κ3) is 5.57. The van der Waals surface area contributed by atoms with Gasteiger partial charge in [-0.3, -0.25) is 4.79 Å². The monoisotopic (exact) mass is 417 g/mol. The first-order valence-electron chi connectivity index (χ1n) is 8.89. The Hall–Kier alpha value is -2.87. The molecule has 150 valence electrons. The van der Waals surface area contributed by atoms with Crippen LogP contribution in [0.3, 0.4) is 0 Å². The Bertz CT molecular complexity index is 980. The number of nitrogens with zero attached hydrogens (tertiary/aromatic N) is 2. The number of hydrogen-bond acceptors (Lipinski definition) is 4. The lowest BCUT2D eigenvalue weighted by molar-refractivity contribution is -0.137. The lowest BCUT2D eigenvalue weighted by atomic mass is 10.1. The van der Waals surface area contributed by atoms with Gasteiger partial charge in [0.1, 0.15) is 11.4 Å². The molecule has 0 aliphatic rings. The Kier molecular flexibility index (Phi) is 6.53. The van der Waals surface area contributed by atoms with Crippen LogP contribution in [0.25, 0.3) is 11.3 Å². The average Bonchev–Trinajstić information content (AvgIpc) is 2.72. The first-order valence-corrected chi connectivity index (χ1v) is 9.77. The second-order valence-electron chi connectivity index (χ2n) is 6.19. The molecule has 1 amide bonds. The first-order chi connectivity index (χ1) is 13.9. The molecule has 4 nitrogen and oxygen atoms in total. The van der Waals surface area contributed by atoms with E-state index in [0.717, 1.165) is 23.4 Å². The van der Waals surface area contributed by atoms with Crippen LogP contribution in [0.15, 0.2) is 72.0 Å². The van der Waals surface area contributed by atoms with Crippen molar-refractivity contribution in [1.82, 2.24) is 9.97 Å². The van der Waals surface area contributed by atoms with E-state index >= 15 is 0 Å². The molecule has 0 fully saturated rings.